The second-order valence-electron chi connectivity index (χ2n) is 11.2. The highest BCUT2D eigenvalue weighted by atomic mass is 127. The van der Waals surface area contributed by atoms with Crippen LogP contribution < -0.4 is 10.4 Å². The van der Waals surface area contributed by atoms with E-state index in [1.54, 1.807) is 0 Å². The van der Waals surface area contributed by atoms with Crippen molar-refractivity contribution < 1.29 is 9.53 Å². The lowest BCUT2D eigenvalue weighted by Crippen LogP contribution is -2.66. The van der Waals surface area contributed by atoms with E-state index in [0.29, 0.717) is 3.92 Å². The predicted octanol–water partition coefficient (Wildman–Crippen LogP) is 6.48. The van der Waals surface area contributed by atoms with Crippen molar-refractivity contribution in [1.82, 2.24) is 0 Å². The van der Waals surface area contributed by atoms with Gasteiger partial charge in [0.25, 0.3) is 8.32 Å². The summed E-state index contributed by atoms with van der Waals surface area (Å²) < 4.78 is 7.71. The molecule has 4 rings (SSSR count). The molecule has 180 valence electrons. The van der Waals surface area contributed by atoms with Crippen LogP contribution in [0.1, 0.15) is 72.1 Å². The van der Waals surface area contributed by atoms with E-state index in [1.807, 2.05) is 0 Å². The number of benzene rings is 2. The van der Waals surface area contributed by atoms with Crippen LogP contribution in [0.2, 0.25) is 5.04 Å². The van der Waals surface area contributed by atoms with E-state index in [2.05, 4.69) is 104 Å². The Kier molecular flexibility index (Phi) is 8.09. The number of fused-ring (bicyclic) bond motifs is 1. The van der Waals surface area contributed by atoms with E-state index in [4.69, 9.17) is 4.43 Å². The van der Waals surface area contributed by atoms with Crippen LogP contribution in [0.4, 0.5) is 0 Å². The normalized spacial score (nSPS) is 26.0. The molecule has 0 heterocycles. The maximum Gasteiger partial charge on any atom is 0.261 e. The average molecular weight is 577 g/mol. The summed E-state index contributed by atoms with van der Waals surface area (Å²) in [6.07, 6.45) is 9.36. The minimum Gasteiger partial charge on any atom is -0.407 e. The predicted molar refractivity (Wildman–Crippen MR) is 150 cm³/mol. The van der Waals surface area contributed by atoms with E-state index >= 15 is 0 Å². The number of aliphatic hydroxyl groups excluding tert-OH is 1. The van der Waals surface area contributed by atoms with Crippen molar-refractivity contribution in [2.75, 3.05) is 6.61 Å². The maximum absolute atomic E-state index is 11.0. The summed E-state index contributed by atoms with van der Waals surface area (Å²) in [6, 6.07) is 21.8. The second kappa shape index (κ2) is 10.5. The molecule has 2 fully saturated rings. The van der Waals surface area contributed by atoms with Crippen LogP contribution in [0.15, 0.2) is 60.7 Å². The van der Waals surface area contributed by atoms with Gasteiger partial charge in [0.2, 0.25) is 0 Å². The number of alkyl halides is 1. The second-order valence-corrected chi connectivity index (χ2v) is 16.9. The summed E-state index contributed by atoms with van der Waals surface area (Å²) in [5.74, 6) is 0.778. The van der Waals surface area contributed by atoms with Crippen LogP contribution >= 0.6 is 22.6 Å². The number of rotatable bonds is 10. The molecular formula is C29H41IO2Si. The van der Waals surface area contributed by atoms with Crippen LogP contribution in [-0.4, -0.2) is 30.1 Å². The lowest BCUT2D eigenvalue weighted by Gasteiger charge is -2.43. The van der Waals surface area contributed by atoms with Crippen molar-refractivity contribution in [3.63, 3.8) is 0 Å². The molecule has 0 bridgehead atoms. The fourth-order valence-corrected chi connectivity index (χ4v) is 13.1. The molecule has 0 spiro atoms. The maximum atomic E-state index is 11.0. The standard InChI is InChI=1S/C29H41IO2Si/c1-28(2,3)33(23-15-7-4-8-16-23,24-17-9-5-10-18-24)32-22-14-6-11-20-26(31)29-21-13-12-19-25(29)27(29)30/h4-5,7-10,15-18,25-27,31H,6,11-14,19-22H2,1-3H3/t25-,26-,27-,29-/m0/s1. The van der Waals surface area contributed by atoms with Gasteiger partial charge in [0, 0.05) is 15.9 Å². The van der Waals surface area contributed by atoms with Crippen LogP contribution in [0.5, 0.6) is 0 Å². The minimum atomic E-state index is -2.42. The SMILES string of the molecule is CC(C)(C)[Si](OCCCCC[C@H](O)[C@]12CCCC[C@H]1[C@@H]2I)(c1ccccc1)c1ccccc1. The first-order chi connectivity index (χ1) is 15.8. The van der Waals surface area contributed by atoms with E-state index in [-0.39, 0.29) is 16.6 Å². The van der Waals surface area contributed by atoms with Gasteiger partial charge in [-0.25, -0.2) is 0 Å². The molecule has 0 radical (unpaired) electrons. The number of hydrogen-bond acceptors (Lipinski definition) is 2. The van der Waals surface area contributed by atoms with Gasteiger partial charge in [0.15, 0.2) is 0 Å². The number of hydrogen-bond donors (Lipinski definition) is 1. The highest BCUT2D eigenvalue weighted by Crippen LogP contribution is 2.67. The first-order valence-corrected chi connectivity index (χ1v) is 16.1. The number of halogens is 1. The molecule has 0 saturated heterocycles. The summed E-state index contributed by atoms with van der Waals surface area (Å²) in [5, 5.41) is 13.7. The third kappa shape index (κ3) is 4.87. The van der Waals surface area contributed by atoms with Crippen LogP contribution in [0.25, 0.3) is 0 Å². The van der Waals surface area contributed by atoms with Crippen molar-refractivity contribution >= 4 is 41.3 Å². The van der Waals surface area contributed by atoms with Crippen LogP contribution in [0, 0.1) is 11.3 Å². The van der Waals surface area contributed by atoms with Crippen LogP contribution in [-0.2, 0) is 4.43 Å². The molecule has 2 aliphatic carbocycles. The average Bonchev–Trinajstić information content (AvgIpc) is 3.44. The Bertz CT molecular complexity index is 842. The zero-order valence-corrected chi connectivity index (χ0v) is 23.8. The summed E-state index contributed by atoms with van der Waals surface area (Å²) in [5.41, 5.74) is 0.254. The monoisotopic (exact) mass is 576 g/mol. The van der Waals surface area contributed by atoms with Gasteiger partial charge >= 0.3 is 0 Å². The smallest absolute Gasteiger partial charge is 0.261 e. The molecule has 33 heavy (non-hydrogen) atoms. The van der Waals surface area contributed by atoms with Gasteiger partial charge in [0.05, 0.1) is 6.10 Å². The van der Waals surface area contributed by atoms with E-state index in [9.17, 15) is 5.11 Å². The van der Waals surface area contributed by atoms with Gasteiger partial charge in [-0.05, 0) is 47.0 Å². The first kappa shape index (κ1) is 25.4. The molecular weight excluding hydrogens is 535 g/mol. The van der Waals surface area contributed by atoms with Gasteiger partial charge in [0.1, 0.15) is 0 Å². The fourth-order valence-electron chi connectivity index (χ4n) is 6.49. The lowest BCUT2D eigenvalue weighted by atomic mass is 9.82. The van der Waals surface area contributed by atoms with E-state index in [1.165, 1.54) is 36.1 Å². The summed E-state index contributed by atoms with van der Waals surface area (Å²) >= 11 is 2.61. The van der Waals surface area contributed by atoms with Crippen molar-refractivity contribution in [2.24, 2.45) is 11.3 Å². The molecule has 4 atom stereocenters. The third-order valence-corrected chi connectivity index (χ3v) is 15.4. The Morgan fingerprint density at radius 2 is 1.58 bits per heavy atom. The van der Waals surface area contributed by atoms with Crippen molar-refractivity contribution in [3.05, 3.63) is 60.7 Å². The molecule has 2 nitrogen and oxygen atoms in total. The molecule has 0 amide bonds. The zero-order valence-electron chi connectivity index (χ0n) is 20.6. The van der Waals surface area contributed by atoms with E-state index in [0.717, 1.165) is 38.2 Å². The molecule has 2 aromatic carbocycles. The van der Waals surface area contributed by atoms with Gasteiger partial charge in [-0.2, -0.15) is 0 Å². The topological polar surface area (TPSA) is 29.5 Å². The molecule has 2 aliphatic rings. The van der Waals surface area contributed by atoms with Gasteiger partial charge in [-0.3, -0.25) is 0 Å². The molecule has 2 saturated carbocycles. The highest BCUT2D eigenvalue weighted by molar-refractivity contribution is 14.1. The minimum absolute atomic E-state index is 0.0301. The Morgan fingerprint density at radius 1 is 0.970 bits per heavy atom. The number of unbranched alkanes of at least 4 members (excludes halogenated alkanes) is 2. The lowest BCUT2D eigenvalue weighted by molar-refractivity contribution is 0.0571. The summed E-state index contributed by atoms with van der Waals surface area (Å²) in [6.45, 7) is 7.80. The molecule has 1 N–H and O–H groups in total. The molecule has 0 aromatic heterocycles. The fraction of sp³-hybridized carbons (Fsp3) is 0.586. The third-order valence-electron chi connectivity index (χ3n) is 8.30. The Hall–Kier alpha value is -0.693. The molecule has 0 aliphatic heterocycles. The van der Waals surface area contributed by atoms with Crippen molar-refractivity contribution in [2.45, 2.75) is 87.2 Å². The van der Waals surface area contributed by atoms with Gasteiger partial charge in [-0.1, -0.05) is 130 Å². The van der Waals surface area contributed by atoms with Gasteiger partial charge < -0.3 is 9.53 Å². The van der Waals surface area contributed by atoms with Crippen molar-refractivity contribution in [3.8, 4) is 0 Å². The number of aliphatic hydroxyl groups is 1. The zero-order chi connectivity index (χ0) is 23.5. The van der Waals surface area contributed by atoms with Gasteiger partial charge in [-0.15, -0.1) is 0 Å². The largest absolute Gasteiger partial charge is 0.407 e. The quantitative estimate of drug-likeness (QED) is 0.152. The Labute approximate surface area is 215 Å². The summed E-state index contributed by atoms with van der Waals surface area (Å²) in [4.78, 5) is 0. The molecule has 4 heteroatoms. The Morgan fingerprint density at radius 3 is 2.12 bits per heavy atom. The van der Waals surface area contributed by atoms with Crippen LogP contribution in [0.3, 0.4) is 0 Å². The Balaban J connectivity index is 1.37. The first-order valence-electron chi connectivity index (χ1n) is 12.9. The highest BCUT2D eigenvalue weighted by Gasteiger charge is 2.66. The molecule has 0 unspecified atom stereocenters. The summed E-state index contributed by atoms with van der Waals surface area (Å²) in [7, 11) is -2.42. The van der Waals surface area contributed by atoms with E-state index < -0.39 is 8.32 Å². The molecule has 2 aromatic rings. The van der Waals surface area contributed by atoms with Crippen molar-refractivity contribution in [1.29, 1.82) is 0 Å².